The molecule has 0 aliphatic heterocycles. The third-order valence-corrected chi connectivity index (χ3v) is 2.61. The van der Waals surface area contributed by atoms with Gasteiger partial charge in [-0.25, -0.2) is 0 Å². The summed E-state index contributed by atoms with van der Waals surface area (Å²) in [5.41, 5.74) is 0.793. The number of hydrogen-bond donors (Lipinski definition) is 2. The van der Waals surface area contributed by atoms with Gasteiger partial charge in [-0.05, 0) is 12.0 Å². The fourth-order valence-electron chi connectivity index (χ4n) is 1.63. The molecule has 84 valence electrons. The molecule has 0 amide bonds. The van der Waals surface area contributed by atoms with Gasteiger partial charge >= 0.3 is 0 Å². The van der Waals surface area contributed by atoms with Crippen molar-refractivity contribution < 1.29 is 10.2 Å². The molecule has 1 aromatic rings. The predicted octanol–water partition coefficient (Wildman–Crippen LogP) is 2.66. The van der Waals surface area contributed by atoms with E-state index in [1.807, 2.05) is 30.3 Å². The zero-order valence-electron chi connectivity index (χ0n) is 9.26. The molecule has 0 radical (unpaired) electrons. The summed E-state index contributed by atoms with van der Waals surface area (Å²) >= 11 is 0. The van der Waals surface area contributed by atoms with Crippen molar-refractivity contribution in [3.63, 3.8) is 0 Å². The largest absolute Gasteiger partial charge is 0.390 e. The van der Waals surface area contributed by atoms with Gasteiger partial charge in [-0.15, -0.1) is 0 Å². The van der Waals surface area contributed by atoms with Crippen LogP contribution < -0.4 is 0 Å². The van der Waals surface area contributed by atoms with Gasteiger partial charge in [0.25, 0.3) is 0 Å². The second-order valence-corrected chi connectivity index (χ2v) is 3.92. The smallest absolute Gasteiger partial charge is 0.105 e. The summed E-state index contributed by atoms with van der Waals surface area (Å²) in [5.74, 6) is 0. The molecule has 2 nitrogen and oxygen atoms in total. The van der Waals surface area contributed by atoms with Crippen molar-refractivity contribution in [1.82, 2.24) is 0 Å². The molecule has 0 fully saturated rings. The summed E-state index contributed by atoms with van der Waals surface area (Å²) in [5, 5.41) is 19.6. The lowest BCUT2D eigenvalue weighted by molar-refractivity contribution is 0.0120. The first kappa shape index (κ1) is 12.2. The molecular weight excluding hydrogens is 188 g/mol. The van der Waals surface area contributed by atoms with E-state index in [0.717, 1.165) is 24.8 Å². The van der Waals surface area contributed by atoms with Crippen LogP contribution in [0, 0.1) is 0 Å². The zero-order chi connectivity index (χ0) is 11.1. The maximum Gasteiger partial charge on any atom is 0.105 e. The molecule has 0 aromatic heterocycles. The maximum absolute atomic E-state index is 9.84. The highest BCUT2D eigenvalue weighted by Gasteiger charge is 2.16. The van der Waals surface area contributed by atoms with Crippen LogP contribution in [0.2, 0.25) is 0 Å². The molecule has 0 saturated heterocycles. The molecule has 1 aromatic carbocycles. The third-order valence-electron chi connectivity index (χ3n) is 2.61. The summed E-state index contributed by atoms with van der Waals surface area (Å²) in [6.45, 7) is 2.13. The molecule has 15 heavy (non-hydrogen) atoms. The van der Waals surface area contributed by atoms with E-state index >= 15 is 0 Å². The minimum atomic E-state index is -0.747. The molecule has 0 heterocycles. The van der Waals surface area contributed by atoms with E-state index in [0.29, 0.717) is 6.42 Å². The van der Waals surface area contributed by atoms with Crippen molar-refractivity contribution in [2.75, 3.05) is 0 Å². The van der Waals surface area contributed by atoms with Crippen LogP contribution in [0.15, 0.2) is 30.3 Å². The highest BCUT2D eigenvalue weighted by molar-refractivity contribution is 5.18. The minimum absolute atomic E-state index is 0.640. The zero-order valence-corrected chi connectivity index (χ0v) is 9.26. The van der Waals surface area contributed by atoms with E-state index in [1.54, 1.807) is 0 Å². The van der Waals surface area contributed by atoms with Crippen LogP contribution >= 0.6 is 0 Å². The topological polar surface area (TPSA) is 40.5 Å². The monoisotopic (exact) mass is 208 g/mol. The summed E-state index contributed by atoms with van der Waals surface area (Å²) in [4.78, 5) is 0. The van der Waals surface area contributed by atoms with Crippen LogP contribution in [0.25, 0.3) is 0 Å². The second kappa shape index (κ2) is 6.59. The van der Waals surface area contributed by atoms with Crippen molar-refractivity contribution in [3.8, 4) is 0 Å². The number of rotatable bonds is 6. The number of unbranched alkanes of at least 4 members (excludes halogenated alkanes) is 2. The van der Waals surface area contributed by atoms with Gasteiger partial charge in [0.05, 0.1) is 6.10 Å². The van der Waals surface area contributed by atoms with Gasteiger partial charge in [-0.3, -0.25) is 0 Å². The van der Waals surface area contributed by atoms with Gasteiger partial charge < -0.3 is 10.2 Å². The molecule has 2 N–H and O–H groups in total. The first-order valence-corrected chi connectivity index (χ1v) is 5.66. The molecule has 0 aliphatic rings. The Kier molecular flexibility index (Phi) is 5.37. The van der Waals surface area contributed by atoms with Crippen LogP contribution in [0.5, 0.6) is 0 Å². The van der Waals surface area contributed by atoms with Gasteiger partial charge in [-0.1, -0.05) is 56.5 Å². The third kappa shape index (κ3) is 4.02. The average Bonchev–Trinajstić information content (AvgIpc) is 2.29. The van der Waals surface area contributed by atoms with Crippen molar-refractivity contribution in [2.45, 2.75) is 44.8 Å². The van der Waals surface area contributed by atoms with E-state index in [2.05, 4.69) is 6.92 Å². The van der Waals surface area contributed by atoms with Crippen LogP contribution in [0.3, 0.4) is 0 Å². The molecule has 0 aliphatic carbocycles. The molecule has 0 saturated carbocycles. The Bertz CT molecular complexity index is 258. The van der Waals surface area contributed by atoms with Crippen LogP contribution in [-0.4, -0.2) is 16.3 Å². The highest BCUT2D eigenvalue weighted by atomic mass is 16.3. The van der Waals surface area contributed by atoms with Crippen LogP contribution in [-0.2, 0) is 0 Å². The number of aliphatic hydroxyl groups excluding tert-OH is 2. The maximum atomic E-state index is 9.84. The predicted molar refractivity (Wildman–Crippen MR) is 61.6 cm³/mol. The number of benzene rings is 1. The first-order chi connectivity index (χ1) is 7.25. The van der Waals surface area contributed by atoms with Crippen LogP contribution in [0.4, 0.5) is 0 Å². The van der Waals surface area contributed by atoms with E-state index in [4.69, 9.17) is 0 Å². The quantitative estimate of drug-likeness (QED) is 0.706. The summed E-state index contributed by atoms with van der Waals surface area (Å²) in [6, 6.07) is 9.33. The van der Waals surface area contributed by atoms with Crippen molar-refractivity contribution in [2.24, 2.45) is 0 Å². The molecule has 1 rings (SSSR count). The SMILES string of the molecule is CCCCCC(O)C(O)c1ccccc1. The lowest BCUT2D eigenvalue weighted by atomic mass is 10.00. The molecule has 0 bridgehead atoms. The second-order valence-electron chi connectivity index (χ2n) is 3.92. The molecule has 2 unspecified atom stereocenters. The normalized spacial score (nSPS) is 14.9. The van der Waals surface area contributed by atoms with Crippen molar-refractivity contribution in [1.29, 1.82) is 0 Å². The fraction of sp³-hybridized carbons (Fsp3) is 0.538. The average molecular weight is 208 g/mol. The van der Waals surface area contributed by atoms with Gasteiger partial charge in [0.15, 0.2) is 0 Å². The Morgan fingerprint density at radius 1 is 1.07 bits per heavy atom. The van der Waals surface area contributed by atoms with Crippen LogP contribution in [0.1, 0.15) is 44.3 Å². The molecule has 2 heteroatoms. The Labute approximate surface area is 91.6 Å². The first-order valence-electron chi connectivity index (χ1n) is 5.66. The highest BCUT2D eigenvalue weighted by Crippen LogP contribution is 2.20. The minimum Gasteiger partial charge on any atom is -0.390 e. The van der Waals surface area contributed by atoms with E-state index in [1.165, 1.54) is 0 Å². The van der Waals surface area contributed by atoms with E-state index in [9.17, 15) is 10.2 Å². The van der Waals surface area contributed by atoms with E-state index < -0.39 is 12.2 Å². The Morgan fingerprint density at radius 2 is 1.73 bits per heavy atom. The Balaban J connectivity index is 2.42. The molecular formula is C13H20O2. The van der Waals surface area contributed by atoms with Gasteiger partial charge in [0.1, 0.15) is 6.10 Å². The molecule has 2 atom stereocenters. The van der Waals surface area contributed by atoms with Gasteiger partial charge in [0.2, 0.25) is 0 Å². The van der Waals surface area contributed by atoms with Crippen molar-refractivity contribution >= 4 is 0 Å². The van der Waals surface area contributed by atoms with Gasteiger partial charge in [0, 0.05) is 0 Å². The summed E-state index contributed by atoms with van der Waals surface area (Å²) in [7, 11) is 0. The Hall–Kier alpha value is -0.860. The van der Waals surface area contributed by atoms with Gasteiger partial charge in [-0.2, -0.15) is 0 Å². The standard InChI is InChI=1S/C13H20O2/c1-2-3-5-10-12(14)13(15)11-8-6-4-7-9-11/h4,6-9,12-15H,2-3,5,10H2,1H3. The lowest BCUT2D eigenvalue weighted by Gasteiger charge is -2.17. The number of hydrogen-bond acceptors (Lipinski definition) is 2. The Morgan fingerprint density at radius 3 is 2.33 bits per heavy atom. The van der Waals surface area contributed by atoms with E-state index in [-0.39, 0.29) is 0 Å². The number of aliphatic hydroxyl groups is 2. The lowest BCUT2D eigenvalue weighted by Crippen LogP contribution is -2.17. The van der Waals surface area contributed by atoms with Crippen molar-refractivity contribution in [3.05, 3.63) is 35.9 Å². The summed E-state index contributed by atoms with van der Waals surface area (Å²) in [6.07, 6.45) is 2.50. The fourth-order valence-corrected chi connectivity index (χ4v) is 1.63. The summed E-state index contributed by atoms with van der Waals surface area (Å²) < 4.78 is 0. The molecule has 0 spiro atoms.